The fraction of sp³-hybridized carbons (Fsp3) is 0.250. The van der Waals surface area contributed by atoms with E-state index in [9.17, 15) is 18.5 Å². The van der Waals surface area contributed by atoms with Crippen LogP contribution in [0.5, 0.6) is 0 Å². The van der Waals surface area contributed by atoms with Crippen LogP contribution in [-0.4, -0.2) is 43.8 Å². The molecular formula is C16H15Cl2N3O4S. The average Bonchev–Trinajstić information content (AvgIpc) is 2.64. The highest BCUT2D eigenvalue weighted by atomic mass is 35.5. The second-order valence-electron chi connectivity index (χ2n) is 5.71. The molecule has 0 unspecified atom stereocenters. The molecule has 0 aliphatic carbocycles. The van der Waals surface area contributed by atoms with E-state index in [1.807, 2.05) is 4.90 Å². The summed E-state index contributed by atoms with van der Waals surface area (Å²) in [4.78, 5) is 12.6. The number of anilines is 1. The Hall–Kier alpha value is -1.87. The molecule has 1 aliphatic heterocycles. The summed E-state index contributed by atoms with van der Waals surface area (Å²) in [5, 5.41) is 11.6. The molecule has 0 spiro atoms. The summed E-state index contributed by atoms with van der Waals surface area (Å²) >= 11 is 11.8. The van der Waals surface area contributed by atoms with Crippen molar-refractivity contribution >= 4 is 44.6 Å². The molecule has 0 bridgehead atoms. The molecule has 0 saturated carbocycles. The smallest absolute Gasteiger partial charge is 0.292 e. The van der Waals surface area contributed by atoms with E-state index >= 15 is 0 Å². The number of benzene rings is 2. The maximum absolute atomic E-state index is 12.8. The van der Waals surface area contributed by atoms with Crippen LogP contribution in [0.1, 0.15) is 0 Å². The summed E-state index contributed by atoms with van der Waals surface area (Å²) < 4.78 is 26.9. The molecule has 0 atom stereocenters. The van der Waals surface area contributed by atoms with E-state index in [1.54, 1.807) is 18.2 Å². The fourth-order valence-corrected chi connectivity index (χ4v) is 4.65. The van der Waals surface area contributed by atoms with Crippen LogP contribution in [0.15, 0.2) is 47.4 Å². The van der Waals surface area contributed by atoms with Crippen LogP contribution in [0.2, 0.25) is 10.0 Å². The van der Waals surface area contributed by atoms with E-state index in [4.69, 9.17) is 23.2 Å². The SMILES string of the molecule is O=[N+]([O-])c1ccccc1N1CCN(S(=O)(=O)c2ccc(Cl)c(Cl)c2)CC1. The summed E-state index contributed by atoms with van der Waals surface area (Å²) in [7, 11) is -3.70. The third kappa shape index (κ3) is 3.64. The van der Waals surface area contributed by atoms with E-state index in [-0.39, 0.29) is 33.7 Å². The lowest BCUT2D eigenvalue weighted by molar-refractivity contribution is -0.384. The molecule has 0 N–H and O–H groups in total. The maximum atomic E-state index is 12.8. The first-order valence-electron chi connectivity index (χ1n) is 7.74. The Balaban J connectivity index is 1.78. The van der Waals surface area contributed by atoms with Gasteiger partial charge in [0.1, 0.15) is 5.69 Å². The number of piperazine rings is 1. The molecule has 26 heavy (non-hydrogen) atoms. The van der Waals surface area contributed by atoms with Gasteiger partial charge in [0.2, 0.25) is 10.0 Å². The largest absolute Gasteiger partial charge is 0.363 e. The second-order valence-corrected chi connectivity index (χ2v) is 8.47. The number of nitrogens with zero attached hydrogens (tertiary/aromatic N) is 3. The first-order chi connectivity index (χ1) is 12.3. The molecule has 3 rings (SSSR count). The summed E-state index contributed by atoms with van der Waals surface area (Å²) in [6.45, 7) is 1.14. The first kappa shape index (κ1) is 18.9. The lowest BCUT2D eigenvalue weighted by atomic mass is 10.2. The lowest BCUT2D eigenvalue weighted by Gasteiger charge is -2.35. The minimum atomic E-state index is -3.70. The van der Waals surface area contributed by atoms with Gasteiger partial charge in [-0.25, -0.2) is 8.42 Å². The predicted octanol–water partition coefficient (Wildman–Crippen LogP) is 3.41. The van der Waals surface area contributed by atoms with Gasteiger partial charge in [-0.05, 0) is 24.3 Å². The van der Waals surface area contributed by atoms with Crippen LogP contribution < -0.4 is 4.90 Å². The monoisotopic (exact) mass is 415 g/mol. The molecule has 1 fully saturated rings. The van der Waals surface area contributed by atoms with Crippen molar-refractivity contribution in [2.75, 3.05) is 31.1 Å². The van der Waals surface area contributed by atoms with E-state index in [1.165, 1.54) is 28.6 Å². The summed E-state index contributed by atoms with van der Waals surface area (Å²) in [5.74, 6) is 0. The van der Waals surface area contributed by atoms with Gasteiger partial charge >= 0.3 is 0 Å². The van der Waals surface area contributed by atoms with Crippen molar-refractivity contribution in [3.05, 3.63) is 62.6 Å². The van der Waals surface area contributed by atoms with Crippen LogP contribution in [0.25, 0.3) is 0 Å². The molecule has 1 heterocycles. The van der Waals surface area contributed by atoms with Crippen LogP contribution in [0, 0.1) is 10.1 Å². The number of para-hydroxylation sites is 2. The minimum Gasteiger partial charge on any atom is -0.363 e. The third-order valence-electron chi connectivity index (χ3n) is 4.19. The van der Waals surface area contributed by atoms with E-state index < -0.39 is 14.9 Å². The topological polar surface area (TPSA) is 83.8 Å². The number of sulfonamides is 1. The molecule has 7 nitrogen and oxygen atoms in total. The Labute approximate surface area is 160 Å². The Morgan fingerprint density at radius 3 is 2.23 bits per heavy atom. The normalized spacial score (nSPS) is 15.8. The van der Waals surface area contributed by atoms with Gasteiger partial charge in [0.05, 0.1) is 19.9 Å². The van der Waals surface area contributed by atoms with Crippen molar-refractivity contribution < 1.29 is 13.3 Å². The highest BCUT2D eigenvalue weighted by molar-refractivity contribution is 7.89. The average molecular weight is 416 g/mol. The molecule has 1 aliphatic rings. The Morgan fingerprint density at radius 2 is 1.62 bits per heavy atom. The standard InChI is InChI=1S/C16H15Cl2N3O4S/c17-13-6-5-12(11-14(13)18)26(24,25)20-9-7-19(8-10-20)15-3-1-2-4-16(15)21(22)23/h1-6,11H,7-10H2. The molecule has 0 aromatic heterocycles. The van der Waals surface area contributed by atoms with Crippen LogP contribution >= 0.6 is 23.2 Å². The van der Waals surface area contributed by atoms with Crippen LogP contribution in [0.3, 0.4) is 0 Å². The quantitative estimate of drug-likeness (QED) is 0.564. The molecule has 2 aromatic rings. The zero-order valence-electron chi connectivity index (χ0n) is 13.5. The second kappa shape index (κ2) is 7.40. The van der Waals surface area contributed by atoms with Gasteiger partial charge in [-0.15, -0.1) is 0 Å². The van der Waals surface area contributed by atoms with Crippen molar-refractivity contribution in [3.8, 4) is 0 Å². The molecular weight excluding hydrogens is 401 g/mol. The van der Waals surface area contributed by atoms with Crippen molar-refractivity contribution in [3.63, 3.8) is 0 Å². The molecule has 10 heteroatoms. The number of nitro benzene ring substituents is 1. The Bertz CT molecular complexity index is 944. The van der Waals surface area contributed by atoms with Crippen molar-refractivity contribution in [1.82, 2.24) is 4.31 Å². The van der Waals surface area contributed by atoms with Crippen molar-refractivity contribution in [1.29, 1.82) is 0 Å². The number of halogens is 2. The van der Waals surface area contributed by atoms with Crippen molar-refractivity contribution in [2.45, 2.75) is 4.90 Å². The van der Waals surface area contributed by atoms with Gasteiger partial charge in [-0.2, -0.15) is 4.31 Å². The molecule has 138 valence electrons. The summed E-state index contributed by atoms with van der Waals surface area (Å²) in [6.07, 6.45) is 0. The Kier molecular flexibility index (Phi) is 5.38. The summed E-state index contributed by atoms with van der Waals surface area (Å²) in [6, 6.07) is 10.6. The van der Waals surface area contributed by atoms with E-state index in [0.29, 0.717) is 18.8 Å². The number of nitro groups is 1. The zero-order valence-corrected chi connectivity index (χ0v) is 15.8. The molecule has 1 saturated heterocycles. The zero-order chi connectivity index (χ0) is 18.9. The van der Waals surface area contributed by atoms with Crippen LogP contribution in [0.4, 0.5) is 11.4 Å². The highest BCUT2D eigenvalue weighted by Gasteiger charge is 2.30. The third-order valence-corrected chi connectivity index (χ3v) is 6.82. The Morgan fingerprint density at radius 1 is 0.962 bits per heavy atom. The predicted molar refractivity (Wildman–Crippen MR) is 101 cm³/mol. The van der Waals surface area contributed by atoms with Gasteiger partial charge in [0.25, 0.3) is 5.69 Å². The number of rotatable bonds is 4. The molecule has 0 amide bonds. The number of hydrogen-bond acceptors (Lipinski definition) is 5. The number of hydrogen-bond donors (Lipinski definition) is 0. The highest BCUT2D eigenvalue weighted by Crippen LogP contribution is 2.30. The minimum absolute atomic E-state index is 0.00768. The van der Waals surface area contributed by atoms with Gasteiger partial charge < -0.3 is 4.90 Å². The van der Waals surface area contributed by atoms with Crippen LogP contribution in [-0.2, 0) is 10.0 Å². The fourth-order valence-electron chi connectivity index (χ4n) is 2.84. The van der Waals surface area contributed by atoms with Crippen molar-refractivity contribution in [2.24, 2.45) is 0 Å². The maximum Gasteiger partial charge on any atom is 0.292 e. The molecule has 0 radical (unpaired) electrons. The van der Waals surface area contributed by atoms with Gasteiger partial charge in [0.15, 0.2) is 0 Å². The first-order valence-corrected chi connectivity index (χ1v) is 9.94. The van der Waals surface area contributed by atoms with Gasteiger partial charge in [-0.3, -0.25) is 10.1 Å². The summed E-state index contributed by atoms with van der Waals surface area (Å²) in [5.41, 5.74) is 0.498. The van der Waals surface area contributed by atoms with E-state index in [0.717, 1.165) is 0 Å². The van der Waals surface area contributed by atoms with Gasteiger partial charge in [-0.1, -0.05) is 35.3 Å². The lowest BCUT2D eigenvalue weighted by Crippen LogP contribution is -2.48. The van der Waals surface area contributed by atoms with Gasteiger partial charge in [0, 0.05) is 32.2 Å². The molecule has 2 aromatic carbocycles. The van der Waals surface area contributed by atoms with E-state index in [2.05, 4.69) is 0 Å².